The summed E-state index contributed by atoms with van der Waals surface area (Å²) >= 11 is 0. The van der Waals surface area contributed by atoms with Gasteiger partial charge < -0.3 is 5.11 Å². The van der Waals surface area contributed by atoms with Crippen molar-refractivity contribution >= 4 is 11.4 Å². The molecule has 0 saturated carbocycles. The van der Waals surface area contributed by atoms with E-state index in [1.54, 1.807) is 0 Å². The van der Waals surface area contributed by atoms with Crippen molar-refractivity contribution in [2.75, 3.05) is 0 Å². The molecule has 1 N–H and O–H groups in total. The molecule has 0 bridgehead atoms. The van der Waals surface area contributed by atoms with Crippen LogP contribution in [0.25, 0.3) is 5.57 Å². The van der Waals surface area contributed by atoms with Gasteiger partial charge in [0.25, 0.3) is 0 Å². The van der Waals surface area contributed by atoms with E-state index in [4.69, 9.17) is 0 Å². The van der Waals surface area contributed by atoms with Gasteiger partial charge in [0.1, 0.15) is 11.9 Å². The molecule has 2 rings (SSSR count). The van der Waals surface area contributed by atoms with Gasteiger partial charge in [-0.25, -0.2) is 4.39 Å². The maximum Gasteiger partial charge on any atom is 0.191 e. The lowest BCUT2D eigenvalue weighted by Crippen LogP contribution is -2.20. The molecular weight excluding hydrogens is 255 g/mol. The predicted octanol–water partition coefficient (Wildman–Crippen LogP) is 3.47. The van der Waals surface area contributed by atoms with Crippen molar-refractivity contribution in [1.29, 1.82) is 0 Å². The Morgan fingerprint density at radius 3 is 2.25 bits per heavy atom. The Morgan fingerprint density at radius 1 is 1.05 bits per heavy atom. The molecule has 0 heterocycles. The lowest BCUT2D eigenvalue weighted by molar-refractivity contribution is 0.0757. The highest BCUT2D eigenvalue weighted by molar-refractivity contribution is 6.00. The first-order chi connectivity index (χ1) is 9.58. The summed E-state index contributed by atoms with van der Waals surface area (Å²) in [5, 5.41) is 9.97. The molecule has 0 aliphatic heterocycles. The van der Waals surface area contributed by atoms with Crippen LogP contribution >= 0.6 is 0 Å². The molecule has 0 saturated heterocycles. The van der Waals surface area contributed by atoms with Crippen molar-refractivity contribution in [3.8, 4) is 0 Å². The number of benzene rings is 2. The maximum atomic E-state index is 12.8. The monoisotopic (exact) mass is 270 g/mol. The quantitative estimate of drug-likeness (QED) is 0.845. The van der Waals surface area contributed by atoms with Crippen molar-refractivity contribution in [3.05, 3.63) is 78.1 Å². The number of carbonyl (C=O) groups is 1. The molecule has 3 heteroatoms. The highest BCUT2D eigenvalue weighted by atomic mass is 19.1. The molecule has 0 aliphatic rings. The van der Waals surface area contributed by atoms with Crippen LogP contribution in [0.1, 0.15) is 22.3 Å². The molecule has 102 valence electrons. The smallest absolute Gasteiger partial charge is 0.191 e. The highest BCUT2D eigenvalue weighted by Crippen LogP contribution is 2.19. The zero-order chi connectivity index (χ0) is 14.5. The van der Waals surface area contributed by atoms with Crippen molar-refractivity contribution < 1.29 is 14.3 Å². The third-order valence-electron chi connectivity index (χ3n) is 3.05. The van der Waals surface area contributed by atoms with Crippen LogP contribution in [0.15, 0.2) is 61.2 Å². The van der Waals surface area contributed by atoms with Gasteiger partial charge in [-0.3, -0.25) is 4.79 Å². The molecular formula is C17H15FO2. The number of aliphatic hydroxyl groups excluding tert-OH is 1. The zero-order valence-corrected chi connectivity index (χ0v) is 10.9. The Labute approximate surface area is 117 Å². The van der Waals surface area contributed by atoms with Crippen LogP contribution in [-0.2, 0) is 0 Å². The number of ketones is 1. The van der Waals surface area contributed by atoms with E-state index in [0.717, 1.165) is 5.56 Å². The van der Waals surface area contributed by atoms with Crippen LogP contribution < -0.4 is 0 Å². The van der Waals surface area contributed by atoms with Crippen LogP contribution in [0.3, 0.4) is 0 Å². The molecule has 0 spiro atoms. The normalized spacial score (nSPS) is 11.9. The Hall–Kier alpha value is -2.26. The number of hydrogen-bond donors (Lipinski definition) is 1. The first-order valence-corrected chi connectivity index (χ1v) is 6.29. The Bertz CT molecular complexity index is 603. The van der Waals surface area contributed by atoms with Gasteiger partial charge in [-0.1, -0.05) is 36.9 Å². The fourth-order valence-electron chi connectivity index (χ4n) is 1.92. The third-order valence-corrected chi connectivity index (χ3v) is 3.05. The number of aliphatic hydroxyl groups is 1. The number of carbonyl (C=O) groups excluding carboxylic acids is 1. The number of rotatable bonds is 5. The summed E-state index contributed by atoms with van der Waals surface area (Å²) < 4.78 is 12.8. The van der Waals surface area contributed by atoms with E-state index in [9.17, 15) is 14.3 Å². The summed E-state index contributed by atoms with van der Waals surface area (Å²) in [6, 6.07) is 14.5. The fourth-order valence-corrected chi connectivity index (χ4v) is 1.92. The SMILES string of the molecule is C=C(CC(O)C(=O)c1ccc(F)cc1)c1ccccc1. The summed E-state index contributed by atoms with van der Waals surface area (Å²) in [6.07, 6.45) is -1.02. The average molecular weight is 270 g/mol. The molecule has 0 aliphatic carbocycles. The summed E-state index contributed by atoms with van der Waals surface area (Å²) in [6.45, 7) is 3.88. The summed E-state index contributed by atoms with van der Waals surface area (Å²) in [7, 11) is 0. The highest BCUT2D eigenvalue weighted by Gasteiger charge is 2.18. The van der Waals surface area contributed by atoms with E-state index >= 15 is 0 Å². The molecule has 2 aromatic rings. The molecule has 2 aromatic carbocycles. The van der Waals surface area contributed by atoms with Crippen LogP contribution in [0.5, 0.6) is 0 Å². The van der Waals surface area contributed by atoms with Gasteiger partial charge in [0.15, 0.2) is 5.78 Å². The number of hydrogen-bond acceptors (Lipinski definition) is 2. The van der Waals surface area contributed by atoms with Gasteiger partial charge in [-0.2, -0.15) is 0 Å². The molecule has 1 atom stereocenters. The van der Waals surface area contributed by atoms with Crippen LogP contribution in [0.2, 0.25) is 0 Å². The second-order valence-electron chi connectivity index (χ2n) is 4.56. The minimum Gasteiger partial charge on any atom is -0.385 e. The van der Waals surface area contributed by atoms with Crippen molar-refractivity contribution in [1.82, 2.24) is 0 Å². The summed E-state index contributed by atoms with van der Waals surface area (Å²) in [4.78, 5) is 12.0. The molecule has 20 heavy (non-hydrogen) atoms. The third kappa shape index (κ3) is 3.39. The van der Waals surface area contributed by atoms with E-state index < -0.39 is 17.7 Å². The molecule has 0 fully saturated rings. The summed E-state index contributed by atoms with van der Waals surface area (Å²) in [5.74, 6) is -0.841. The van der Waals surface area contributed by atoms with E-state index in [0.29, 0.717) is 11.1 Å². The molecule has 0 aromatic heterocycles. The Kier molecular flexibility index (Phi) is 4.43. The second kappa shape index (κ2) is 6.26. The Morgan fingerprint density at radius 2 is 1.65 bits per heavy atom. The Balaban J connectivity index is 2.05. The first kappa shape index (κ1) is 14.2. The van der Waals surface area contributed by atoms with Gasteiger partial charge in [-0.05, 0) is 35.4 Å². The number of halogens is 1. The van der Waals surface area contributed by atoms with Gasteiger partial charge in [0.05, 0.1) is 0 Å². The largest absolute Gasteiger partial charge is 0.385 e. The van der Waals surface area contributed by atoms with Crippen molar-refractivity contribution in [3.63, 3.8) is 0 Å². The maximum absolute atomic E-state index is 12.8. The van der Waals surface area contributed by atoms with E-state index in [-0.39, 0.29) is 6.42 Å². The topological polar surface area (TPSA) is 37.3 Å². The second-order valence-corrected chi connectivity index (χ2v) is 4.56. The van der Waals surface area contributed by atoms with Gasteiger partial charge in [0, 0.05) is 12.0 Å². The zero-order valence-electron chi connectivity index (χ0n) is 10.9. The van der Waals surface area contributed by atoms with E-state index in [1.807, 2.05) is 30.3 Å². The first-order valence-electron chi connectivity index (χ1n) is 6.29. The van der Waals surface area contributed by atoms with Gasteiger partial charge in [0.2, 0.25) is 0 Å². The minimum absolute atomic E-state index is 0.153. The standard InChI is InChI=1S/C17H15FO2/c1-12(13-5-3-2-4-6-13)11-16(19)17(20)14-7-9-15(18)10-8-14/h2-10,16,19H,1,11H2. The summed E-state index contributed by atoms with van der Waals surface area (Å²) in [5.41, 5.74) is 1.87. The predicted molar refractivity (Wildman–Crippen MR) is 76.8 cm³/mol. The lowest BCUT2D eigenvalue weighted by atomic mass is 9.97. The van der Waals surface area contributed by atoms with Crippen LogP contribution in [-0.4, -0.2) is 17.0 Å². The lowest BCUT2D eigenvalue weighted by Gasteiger charge is -2.12. The minimum atomic E-state index is -1.17. The molecule has 2 nitrogen and oxygen atoms in total. The van der Waals surface area contributed by atoms with E-state index in [1.165, 1.54) is 24.3 Å². The molecule has 0 radical (unpaired) electrons. The van der Waals surface area contributed by atoms with Gasteiger partial charge in [-0.15, -0.1) is 0 Å². The average Bonchev–Trinajstić information content (AvgIpc) is 2.48. The number of Topliss-reactive ketones (excluding diaryl/α,β-unsaturated/α-hetero) is 1. The molecule has 1 unspecified atom stereocenters. The van der Waals surface area contributed by atoms with E-state index in [2.05, 4.69) is 6.58 Å². The molecule has 0 amide bonds. The van der Waals surface area contributed by atoms with Crippen molar-refractivity contribution in [2.45, 2.75) is 12.5 Å². The van der Waals surface area contributed by atoms with Gasteiger partial charge >= 0.3 is 0 Å². The van der Waals surface area contributed by atoms with Crippen LogP contribution in [0.4, 0.5) is 4.39 Å². The van der Waals surface area contributed by atoms with Crippen molar-refractivity contribution in [2.24, 2.45) is 0 Å². The fraction of sp³-hybridized carbons (Fsp3) is 0.118. The van der Waals surface area contributed by atoms with Crippen LogP contribution in [0, 0.1) is 5.82 Å².